The summed E-state index contributed by atoms with van der Waals surface area (Å²) in [4.78, 5) is 16.9. The Kier molecular flexibility index (Phi) is 3.33. The molecule has 2 aliphatic rings. The number of carbonyl (C=O) groups excluding carboxylic acids is 1. The number of amides is 1. The lowest BCUT2D eigenvalue weighted by atomic mass is 9.86. The highest BCUT2D eigenvalue weighted by atomic mass is 16.2. The van der Waals surface area contributed by atoms with Gasteiger partial charge in [0.1, 0.15) is 0 Å². The van der Waals surface area contributed by atoms with Crippen molar-refractivity contribution in [3.63, 3.8) is 0 Å². The summed E-state index contributed by atoms with van der Waals surface area (Å²) in [5.41, 5.74) is 2.40. The average Bonchev–Trinajstić information content (AvgIpc) is 2.78. The van der Waals surface area contributed by atoms with Crippen LogP contribution in [-0.4, -0.2) is 47.9 Å². The lowest BCUT2D eigenvalue weighted by molar-refractivity contribution is -0.00728. The molecule has 1 spiro atoms. The third kappa shape index (κ3) is 2.14. The first-order valence-corrected chi connectivity index (χ1v) is 7.62. The lowest BCUT2D eigenvalue weighted by Crippen LogP contribution is -2.68. The molecule has 0 saturated carbocycles. The predicted octanol–water partition coefficient (Wildman–Crippen LogP) is 2.73. The Labute approximate surface area is 121 Å². The van der Waals surface area contributed by atoms with E-state index in [4.69, 9.17) is 0 Å². The second-order valence-corrected chi connectivity index (χ2v) is 6.69. The zero-order chi connectivity index (χ0) is 14.3. The zero-order valence-corrected chi connectivity index (χ0v) is 12.7. The van der Waals surface area contributed by atoms with Crippen LogP contribution in [0.5, 0.6) is 0 Å². The molecule has 0 radical (unpaired) electrons. The number of rotatable bonds is 2. The van der Waals surface area contributed by atoms with E-state index in [1.54, 1.807) is 0 Å². The van der Waals surface area contributed by atoms with Crippen LogP contribution < -0.4 is 0 Å². The van der Waals surface area contributed by atoms with E-state index in [0.717, 1.165) is 18.7 Å². The monoisotopic (exact) mass is 272 g/mol. The topological polar surface area (TPSA) is 23.6 Å². The Bertz CT molecular complexity index is 500. The molecule has 2 aliphatic heterocycles. The maximum absolute atomic E-state index is 12.5. The molecule has 1 aromatic rings. The van der Waals surface area contributed by atoms with E-state index in [-0.39, 0.29) is 11.4 Å². The summed E-state index contributed by atoms with van der Waals surface area (Å²) >= 11 is 0. The predicted molar refractivity (Wildman–Crippen MR) is 81.0 cm³/mol. The molecule has 1 aromatic carbocycles. The van der Waals surface area contributed by atoms with Crippen LogP contribution in [0.3, 0.4) is 0 Å². The van der Waals surface area contributed by atoms with E-state index < -0.39 is 0 Å². The van der Waals surface area contributed by atoms with Crippen LogP contribution in [0.1, 0.15) is 48.5 Å². The van der Waals surface area contributed by atoms with Gasteiger partial charge in [-0.15, -0.1) is 0 Å². The van der Waals surface area contributed by atoms with Crippen LogP contribution in [0.4, 0.5) is 0 Å². The normalized spacial score (nSPS) is 21.5. The van der Waals surface area contributed by atoms with E-state index in [1.165, 1.54) is 24.9 Å². The van der Waals surface area contributed by atoms with Crippen molar-refractivity contribution in [2.75, 3.05) is 26.7 Å². The van der Waals surface area contributed by atoms with Crippen molar-refractivity contribution in [2.24, 2.45) is 0 Å². The molecular weight excluding hydrogens is 248 g/mol. The third-order valence-electron chi connectivity index (χ3n) is 5.03. The molecule has 0 bridgehead atoms. The summed E-state index contributed by atoms with van der Waals surface area (Å²) < 4.78 is 0. The smallest absolute Gasteiger partial charge is 0.253 e. The molecule has 0 aliphatic carbocycles. The summed E-state index contributed by atoms with van der Waals surface area (Å²) in [7, 11) is 2.19. The highest BCUT2D eigenvalue weighted by molar-refractivity contribution is 5.95. The summed E-state index contributed by atoms with van der Waals surface area (Å²) in [6.07, 6.45) is 2.50. The Hall–Kier alpha value is -1.35. The van der Waals surface area contributed by atoms with E-state index in [9.17, 15) is 4.79 Å². The Morgan fingerprint density at radius 3 is 2.35 bits per heavy atom. The van der Waals surface area contributed by atoms with Gasteiger partial charge in [0.05, 0.1) is 5.54 Å². The number of likely N-dealkylation sites (N-methyl/N-ethyl adjacent to an activating group) is 1. The van der Waals surface area contributed by atoms with Crippen LogP contribution >= 0.6 is 0 Å². The molecular formula is C17H24N2O. The van der Waals surface area contributed by atoms with Crippen molar-refractivity contribution in [2.45, 2.75) is 38.1 Å². The van der Waals surface area contributed by atoms with Gasteiger partial charge in [-0.1, -0.05) is 26.0 Å². The van der Waals surface area contributed by atoms with Crippen molar-refractivity contribution in [1.82, 2.24) is 9.80 Å². The summed E-state index contributed by atoms with van der Waals surface area (Å²) in [6, 6.07) is 8.10. The SMILES string of the molecule is CC(C)c1ccc(C(=O)N2CC3(CCCN3C)C2)cc1. The summed E-state index contributed by atoms with van der Waals surface area (Å²) in [5, 5.41) is 0. The van der Waals surface area contributed by atoms with Gasteiger partial charge in [-0.05, 0) is 50.0 Å². The summed E-state index contributed by atoms with van der Waals surface area (Å²) in [6.45, 7) is 7.31. The van der Waals surface area contributed by atoms with Crippen LogP contribution in [0.15, 0.2) is 24.3 Å². The Morgan fingerprint density at radius 1 is 1.20 bits per heavy atom. The average molecular weight is 272 g/mol. The fraction of sp³-hybridized carbons (Fsp3) is 0.588. The first-order chi connectivity index (χ1) is 9.52. The molecule has 3 rings (SSSR count). The van der Waals surface area contributed by atoms with Crippen LogP contribution in [-0.2, 0) is 0 Å². The standard InChI is InChI=1S/C17H24N2O/c1-13(2)14-5-7-15(8-6-14)16(20)19-11-17(12-19)9-4-10-18(17)3/h5-8,13H,4,9-12H2,1-3H3. The first kappa shape index (κ1) is 13.6. The second kappa shape index (κ2) is 4.88. The number of nitrogens with zero attached hydrogens (tertiary/aromatic N) is 2. The van der Waals surface area contributed by atoms with Gasteiger partial charge in [0.2, 0.25) is 0 Å². The van der Waals surface area contributed by atoms with Gasteiger partial charge in [-0.3, -0.25) is 9.69 Å². The number of carbonyl (C=O) groups is 1. The van der Waals surface area contributed by atoms with Crippen molar-refractivity contribution in [1.29, 1.82) is 0 Å². The molecule has 2 fully saturated rings. The molecule has 2 heterocycles. The number of hydrogen-bond donors (Lipinski definition) is 0. The minimum atomic E-state index is 0.186. The number of benzene rings is 1. The lowest BCUT2D eigenvalue weighted by Gasteiger charge is -2.51. The maximum Gasteiger partial charge on any atom is 0.253 e. The fourth-order valence-electron chi connectivity index (χ4n) is 3.47. The molecule has 3 heteroatoms. The largest absolute Gasteiger partial charge is 0.335 e. The molecule has 3 nitrogen and oxygen atoms in total. The van der Waals surface area contributed by atoms with Gasteiger partial charge in [0.15, 0.2) is 0 Å². The molecule has 20 heavy (non-hydrogen) atoms. The van der Waals surface area contributed by atoms with Gasteiger partial charge >= 0.3 is 0 Å². The molecule has 0 atom stereocenters. The van der Waals surface area contributed by atoms with Gasteiger partial charge in [0.25, 0.3) is 5.91 Å². The fourth-order valence-corrected chi connectivity index (χ4v) is 3.47. The van der Waals surface area contributed by atoms with E-state index in [2.05, 4.69) is 37.9 Å². The van der Waals surface area contributed by atoms with Gasteiger partial charge in [-0.2, -0.15) is 0 Å². The first-order valence-electron chi connectivity index (χ1n) is 7.62. The van der Waals surface area contributed by atoms with Crippen molar-refractivity contribution in [3.8, 4) is 0 Å². The molecule has 0 aromatic heterocycles. The van der Waals surface area contributed by atoms with E-state index >= 15 is 0 Å². The van der Waals surface area contributed by atoms with Gasteiger partial charge in [-0.25, -0.2) is 0 Å². The van der Waals surface area contributed by atoms with Gasteiger partial charge in [0, 0.05) is 18.7 Å². The highest BCUT2D eigenvalue weighted by Gasteiger charge is 2.50. The Balaban J connectivity index is 1.66. The third-order valence-corrected chi connectivity index (χ3v) is 5.03. The molecule has 0 N–H and O–H groups in total. The highest BCUT2D eigenvalue weighted by Crippen LogP contribution is 2.37. The molecule has 0 unspecified atom stereocenters. The maximum atomic E-state index is 12.5. The van der Waals surface area contributed by atoms with Gasteiger partial charge < -0.3 is 4.90 Å². The molecule has 108 valence electrons. The molecule has 2 saturated heterocycles. The minimum Gasteiger partial charge on any atom is -0.335 e. The number of hydrogen-bond acceptors (Lipinski definition) is 2. The minimum absolute atomic E-state index is 0.186. The van der Waals surface area contributed by atoms with Crippen LogP contribution in [0.2, 0.25) is 0 Å². The van der Waals surface area contributed by atoms with Crippen molar-refractivity contribution >= 4 is 5.91 Å². The van der Waals surface area contributed by atoms with Crippen LogP contribution in [0, 0.1) is 0 Å². The van der Waals surface area contributed by atoms with E-state index in [1.807, 2.05) is 17.0 Å². The molecule has 1 amide bonds. The quantitative estimate of drug-likeness (QED) is 0.826. The number of likely N-dealkylation sites (tertiary alicyclic amines) is 2. The zero-order valence-electron chi connectivity index (χ0n) is 12.7. The second-order valence-electron chi connectivity index (χ2n) is 6.69. The van der Waals surface area contributed by atoms with E-state index in [0.29, 0.717) is 5.92 Å². The summed E-state index contributed by atoms with van der Waals surface area (Å²) in [5.74, 6) is 0.699. The van der Waals surface area contributed by atoms with Crippen molar-refractivity contribution < 1.29 is 4.79 Å². The van der Waals surface area contributed by atoms with Crippen LogP contribution in [0.25, 0.3) is 0 Å². The van der Waals surface area contributed by atoms with Crippen molar-refractivity contribution in [3.05, 3.63) is 35.4 Å². The Morgan fingerprint density at radius 2 is 1.85 bits per heavy atom.